The van der Waals surface area contributed by atoms with E-state index >= 15 is 0 Å². The number of carbonyl (C=O) groups is 1. The molecule has 0 aromatic heterocycles. The number of benzene rings is 3. The van der Waals surface area contributed by atoms with E-state index in [1.165, 1.54) is 20.4 Å². The van der Waals surface area contributed by atoms with Crippen LogP contribution in [0.15, 0.2) is 53.6 Å². The summed E-state index contributed by atoms with van der Waals surface area (Å²) in [6, 6.07) is 13.4. The van der Waals surface area contributed by atoms with E-state index < -0.39 is 5.91 Å². The monoisotopic (exact) mass is 536 g/mol. The molecule has 0 spiro atoms. The maximum Gasteiger partial charge on any atom is 0.271 e. The van der Waals surface area contributed by atoms with E-state index in [4.69, 9.17) is 53.8 Å². The zero-order valence-electron chi connectivity index (χ0n) is 19.2. The van der Waals surface area contributed by atoms with E-state index in [-0.39, 0.29) is 6.61 Å². The van der Waals surface area contributed by atoms with Gasteiger partial charge in [-0.3, -0.25) is 4.79 Å². The first kappa shape index (κ1) is 26.5. The first-order valence-electron chi connectivity index (χ1n) is 10.4. The molecule has 3 aromatic rings. The van der Waals surface area contributed by atoms with Crippen LogP contribution in [-0.4, -0.2) is 32.9 Å². The Morgan fingerprint density at radius 1 is 0.914 bits per heavy atom. The fourth-order valence-electron chi connectivity index (χ4n) is 3.02. The molecule has 0 aliphatic rings. The number of hydrazone groups is 1. The predicted octanol–water partition coefficient (Wildman–Crippen LogP) is 6.41. The Morgan fingerprint density at radius 2 is 1.63 bits per heavy atom. The molecule has 0 fully saturated rings. The summed E-state index contributed by atoms with van der Waals surface area (Å²) >= 11 is 18.5. The summed E-state index contributed by atoms with van der Waals surface area (Å²) in [6.45, 7) is 2.46. The normalized spacial score (nSPS) is 10.8. The largest absolute Gasteiger partial charge is 0.497 e. The number of carbonyl (C=O) groups excluding carboxylic acids is 1. The van der Waals surface area contributed by atoms with Crippen LogP contribution in [0, 0.1) is 0 Å². The summed E-state index contributed by atoms with van der Waals surface area (Å²) in [5.74, 6) is 1.36. The molecule has 35 heavy (non-hydrogen) atoms. The van der Waals surface area contributed by atoms with E-state index in [1.54, 1.807) is 42.5 Å². The standard InChI is InChI=1S/C25H23Cl3N2O5/c1-4-34-23-9-16(8-22(28)24(23)35-14-15-5-6-20(26)21(27)7-15)13-29-30-25(31)17-10-18(32-2)12-19(11-17)33-3/h5-13H,4,14H2,1-3H3,(H,30,31)/b29-13-. The van der Waals surface area contributed by atoms with Crippen LogP contribution in [-0.2, 0) is 6.61 Å². The summed E-state index contributed by atoms with van der Waals surface area (Å²) in [5, 5.41) is 5.24. The first-order valence-corrected chi connectivity index (χ1v) is 11.6. The highest BCUT2D eigenvalue weighted by molar-refractivity contribution is 6.42. The number of nitrogens with one attached hydrogen (secondary N) is 1. The SMILES string of the molecule is CCOc1cc(/C=N\NC(=O)c2cc(OC)cc(OC)c2)cc(Cl)c1OCc1ccc(Cl)c(Cl)c1. The van der Waals surface area contributed by atoms with Gasteiger partial charge in [0, 0.05) is 11.6 Å². The molecule has 0 radical (unpaired) electrons. The van der Waals surface area contributed by atoms with Gasteiger partial charge >= 0.3 is 0 Å². The highest BCUT2D eigenvalue weighted by Crippen LogP contribution is 2.37. The van der Waals surface area contributed by atoms with Crippen LogP contribution < -0.4 is 24.4 Å². The van der Waals surface area contributed by atoms with Crippen molar-refractivity contribution in [3.63, 3.8) is 0 Å². The lowest BCUT2D eigenvalue weighted by Crippen LogP contribution is -2.17. The minimum Gasteiger partial charge on any atom is -0.497 e. The fraction of sp³-hybridized carbons (Fsp3) is 0.200. The van der Waals surface area contributed by atoms with Crippen LogP contribution in [0.25, 0.3) is 0 Å². The molecule has 0 aliphatic heterocycles. The first-order chi connectivity index (χ1) is 16.8. The Morgan fingerprint density at radius 3 is 2.26 bits per heavy atom. The third-order valence-electron chi connectivity index (χ3n) is 4.69. The van der Waals surface area contributed by atoms with Crippen molar-refractivity contribution in [3.8, 4) is 23.0 Å². The van der Waals surface area contributed by atoms with Gasteiger partial charge in [0.25, 0.3) is 5.91 Å². The molecular weight excluding hydrogens is 515 g/mol. The average molecular weight is 538 g/mol. The van der Waals surface area contributed by atoms with Gasteiger partial charge in [0.1, 0.15) is 18.1 Å². The summed E-state index contributed by atoms with van der Waals surface area (Å²) in [5.41, 5.74) is 4.22. The lowest BCUT2D eigenvalue weighted by molar-refractivity contribution is 0.0954. The van der Waals surface area contributed by atoms with Crippen molar-refractivity contribution in [3.05, 3.63) is 80.3 Å². The molecule has 10 heteroatoms. The third kappa shape index (κ3) is 7.18. The molecular formula is C25H23Cl3N2O5. The number of ether oxygens (including phenoxy) is 4. The molecule has 0 saturated heterocycles. The topological polar surface area (TPSA) is 78.4 Å². The van der Waals surface area contributed by atoms with Crippen molar-refractivity contribution < 1.29 is 23.7 Å². The summed E-state index contributed by atoms with van der Waals surface area (Å²) < 4.78 is 22.0. The second-order valence-corrected chi connectivity index (χ2v) is 8.32. The quantitative estimate of drug-likeness (QED) is 0.239. The van der Waals surface area contributed by atoms with Crippen LogP contribution in [0.3, 0.4) is 0 Å². The van der Waals surface area contributed by atoms with Crippen molar-refractivity contribution in [2.75, 3.05) is 20.8 Å². The molecule has 3 rings (SSSR count). The average Bonchev–Trinajstić information content (AvgIpc) is 2.85. The van der Waals surface area contributed by atoms with Crippen LogP contribution >= 0.6 is 34.8 Å². The molecule has 0 atom stereocenters. The summed E-state index contributed by atoms with van der Waals surface area (Å²) in [4.78, 5) is 12.5. The second-order valence-electron chi connectivity index (χ2n) is 7.10. The molecule has 7 nitrogen and oxygen atoms in total. The zero-order valence-corrected chi connectivity index (χ0v) is 21.5. The van der Waals surface area contributed by atoms with E-state index in [9.17, 15) is 4.79 Å². The molecule has 3 aromatic carbocycles. The minimum absolute atomic E-state index is 0.212. The van der Waals surface area contributed by atoms with Gasteiger partial charge in [-0.25, -0.2) is 5.43 Å². The van der Waals surface area contributed by atoms with Crippen molar-refractivity contribution in [1.29, 1.82) is 0 Å². The Hall–Kier alpha value is -3.13. The molecule has 184 valence electrons. The lowest BCUT2D eigenvalue weighted by Gasteiger charge is -2.14. The lowest BCUT2D eigenvalue weighted by atomic mass is 10.2. The third-order valence-corrected chi connectivity index (χ3v) is 5.71. The molecule has 1 N–H and O–H groups in total. The van der Waals surface area contributed by atoms with E-state index in [1.807, 2.05) is 13.0 Å². The number of methoxy groups -OCH3 is 2. The van der Waals surface area contributed by atoms with Gasteiger partial charge < -0.3 is 18.9 Å². The van der Waals surface area contributed by atoms with Crippen LogP contribution in [0.1, 0.15) is 28.4 Å². The zero-order chi connectivity index (χ0) is 25.4. The van der Waals surface area contributed by atoms with Gasteiger partial charge in [-0.05, 0) is 54.4 Å². The molecule has 0 aliphatic carbocycles. The Kier molecular flexibility index (Phi) is 9.48. The Balaban J connectivity index is 1.74. The van der Waals surface area contributed by atoms with Gasteiger partial charge in [-0.2, -0.15) is 5.10 Å². The van der Waals surface area contributed by atoms with E-state index in [2.05, 4.69) is 10.5 Å². The van der Waals surface area contributed by atoms with Crippen LogP contribution in [0.5, 0.6) is 23.0 Å². The number of hydrogen-bond donors (Lipinski definition) is 1. The summed E-state index contributed by atoms with van der Waals surface area (Å²) in [7, 11) is 3.01. The van der Waals surface area contributed by atoms with Gasteiger partial charge in [0.05, 0.1) is 42.1 Å². The van der Waals surface area contributed by atoms with Gasteiger partial charge in [-0.15, -0.1) is 0 Å². The van der Waals surface area contributed by atoms with Crippen molar-refractivity contribution in [2.24, 2.45) is 5.10 Å². The molecule has 1 amide bonds. The van der Waals surface area contributed by atoms with Crippen molar-refractivity contribution >= 4 is 46.9 Å². The Labute approximate surface area is 218 Å². The van der Waals surface area contributed by atoms with Crippen LogP contribution in [0.4, 0.5) is 0 Å². The number of nitrogens with zero attached hydrogens (tertiary/aromatic N) is 1. The molecule has 0 heterocycles. The van der Waals surface area contributed by atoms with Gasteiger partial charge in [-0.1, -0.05) is 40.9 Å². The number of halogens is 3. The van der Waals surface area contributed by atoms with Gasteiger partial charge in [0.15, 0.2) is 11.5 Å². The molecule has 0 saturated carbocycles. The van der Waals surface area contributed by atoms with Crippen molar-refractivity contribution in [1.82, 2.24) is 5.43 Å². The highest BCUT2D eigenvalue weighted by atomic mass is 35.5. The number of rotatable bonds is 10. The maximum atomic E-state index is 12.5. The highest BCUT2D eigenvalue weighted by Gasteiger charge is 2.14. The smallest absolute Gasteiger partial charge is 0.271 e. The number of hydrogen-bond acceptors (Lipinski definition) is 6. The maximum absolute atomic E-state index is 12.5. The molecule has 0 bridgehead atoms. The second kappa shape index (κ2) is 12.5. The van der Waals surface area contributed by atoms with Crippen LogP contribution in [0.2, 0.25) is 15.1 Å². The van der Waals surface area contributed by atoms with Gasteiger partial charge in [0.2, 0.25) is 0 Å². The molecule has 0 unspecified atom stereocenters. The van der Waals surface area contributed by atoms with Crippen molar-refractivity contribution in [2.45, 2.75) is 13.5 Å². The summed E-state index contributed by atoms with van der Waals surface area (Å²) in [6.07, 6.45) is 1.45. The predicted molar refractivity (Wildman–Crippen MR) is 138 cm³/mol. The van der Waals surface area contributed by atoms with E-state index in [0.717, 1.165) is 5.56 Å². The fourth-order valence-corrected chi connectivity index (χ4v) is 3.61. The number of amides is 1. The Bertz CT molecular complexity index is 1210. The minimum atomic E-state index is -0.434. The van der Waals surface area contributed by atoms with E-state index in [0.29, 0.717) is 55.8 Å².